The second-order valence-electron chi connectivity index (χ2n) is 4.70. The highest BCUT2D eigenvalue weighted by molar-refractivity contribution is 7.89. The number of sulfonamides is 1. The van der Waals surface area contributed by atoms with Gasteiger partial charge in [-0.1, -0.05) is 6.92 Å². The molecular weight excluding hydrogens is 266 g/mol. The fourth-order valence-electron chi connectivity index (χ4n) is 1.65. The standard InChI is InChI=1S/C10H20ClNO4S/c1-9(6-11)7-17(14,15)12-8-10(13)2-4-16-5-3-10/h9,12-13H,2-8H2,1H3. The zero-order chi connectivity index (χ0) is 12.9. The molecule has 1 aliphatic rings. The van der Waals surface area contributed by atoms with Crippen LogP contribution in [0.15, 0.2) is 0 Å². The molecule has 0 spiro atoms. The summed E-state index contributed by atoms with van der Waals surface area (Å²) in [5, 5.41) is 10.1. The van der Waals surface area contributed by atoms with Crippen LogP contribution in [0.5, 0.6) is 0 Å². The zero-order valence-corrected chi connectivity index (χ0v) is 11.6. The minimum atomic E-state index is -3.37. The van der Waals surface area contributed by atoms with E-state index in [0.29, 0.717) is 31.9 Å². The molecule has 0 saturated carbocycles. The Morgan fingerprint density at radius 1 is 1.47 bits per heavy atom. The van der Waals surface area contributed by atoms with Gasteiger partial charge in [0.1, 0.15) is 0 Å². The van der Waals surface area contributed by atoms with Crippen molar-refractivity contribution in [2.45, 2.75) is 25.4 Å². The van der Waals surface area contributed by atoms with Crippen molar-refractivity contribution in [3.05, 3.63) is 0 Å². The molecule has 2 N–H and O–H groups in total. The maximum atomic E-state index is 11.7. The van der Waals surface area contributed by atoms with Crippen molar-refractivity contribution in [3.8, 4) is 0 Å². The summed E-state index contributed by atoms with van der Waals surface area (Å²) < 4.78 is 30.9. The maximum absolute atomic E-state index is 11.7. The summed E-state index contributed by atoms with van der Waals surface area (Å²) in [7, 11) is -3.37. The molecule has 102 valence electrons. The fraction of sp³-hybridized carbons (Fsp3) is 1.00. The monoisotopic (exact) mass is 285 g/mol. The first kappa shape index (κ1) is 15.2. The predicted octanol–water partition coefficient (Wildman–Crippen LogP) is 0.322. The molecule has 0 amide bonds. The van der Waals surface area contributed by atoms with Gasteiger partial charge in [0.25, 0.3) is 0 Å². The number of nitrogens with one attached hydrogen (secondary N) is 1. The van der Waals surface area contributed by atoms with E-state index in [1.807, 2.05) is 0 Å². The van der Waals surface area contributed by atoms with Gasteiger partial charge in [0.15, 0.2) is 0 Å². The Labute approximate surface area is 108 Å². The molecule has 1 aliphatic heterocycles. The highest BCUT2D eigenvalue weighted by atomic mass is 35.5. The van der Waals surface area contributed by atoms with Crippen molar-refractivity contribution in [3.63, 3.8) is 0 Å². The van der Waals surface area contributed by atoms with Gasteiger partial charge in [-0.15, -0.1) is 11.6 Å². The van der Waals surface area contributed by atoms with Crippen LogP contribution < -0.4 is 4.72 Å². The lowest BCUT2D eigenvalue weighted by Crippen LogP contribution is -2.47. The van der Waals surface area contributed by atoms with Crippen molar-refractivity contribution < 1.29 is 18.3 Å². The van der Waals surface area contributed by atoms with E-state index in [2.05, 4.69) is 4.72 Å². The third-order valence-electron chi connectivity index (χ3n) is 2.81. The van der Waals surface area contributed by atoms with E-state index in [1.165, 1.54) is 0 Å². The number of alkyl halides is 1. The molecule has 0 aliphatic carbocycles. The minimum Gasteiger partial charge on any atom is -0.388 e. The number of aliphatic hydroxyl groups is 1. The summed E-state index contributed by atoms with van der Waals surface area (Å²) in [4.78, 5) is 0. The van der Waals surface area contributed by atoms with Crippen molar-refractivity contribution in [2.24, 2.45) is 5.92 Å². The Bertz CT molecular complexity index is 327. The second-order valence-corrected chi connectivity index (χ2v) is 6.86. The Morgan fingerprint density at radius 3 is 2.59 bits per heavy atom. The third-order valence-corrected chi connectivity index (χ3v) is 4.93. The molecule has 0 aromatic carbocycles. The first-order valence-electron chi connectivity index (χ1n) is 5.70. The highest BCUT2D eigenvalue weighted by Crippen LogP contribution is 2.19. The SMILES string of the molecule is CC(CCl)CS(=O)(=O)NCC1(O)CCOCC1. The highest BCUT2D eigenvalue weighted by Gasteiger charge is 2.31. The number of rotatable bonds is 6. The lowest BCUT2D eigenvalue weighted by atomic mass is 9.95. The molecule has 0 aromatic rings. The van der Waals surface area contributed by atoms with E-state index in [0.717, 1.165) is 0 Å². The van der Waals surface area contributed by atoms with E-state index in [4.69, 9.17) is 16.3 Å². The summed E-state index contributed by atoms with van der Waals surface area (Å²) >= 11 is 5.58. The van der Waals surface area contributed by atoms with E-state index >= 15 is 0 Å². The molecule has 1 atom stereocenters. The largest absolute Gasteiger partial charge is 0.388 e. The molecular formula is C10H20ClNO4S. The van der Waals surface area contributed by atoms with Crippen molar-refractivity contribution >= 4 is 21.6 Å². The van der Waals surface area contributed by atoms with E-state index < -0.39 is 15.6 Å². The van der Waals surface area contributed by atoms with Crippen LogP contribution in [-0.4, -0.2) is 50.5 Å². The van der Waals surface area contributed by atoms with Crippen LogP contribution in [0.4, 0.5) is 0 Å². The average molecular weight is 286 g/mol. The molecule has 17 heavy (non-hydrogen) atoms. The van der Waals surface area contributed by atoms with Crippen molar-refractivity contribution in [2.75, 3.05) is 31.4 Å². The van der Waals surface area contributed by atoms with E-state index in [-0.39, 0.29) is 18.2 Å². The average Bonchev–Trinajstić information content (AvgIpc) is 2.27. The van der Waals surface area contributed by atoms with Gasteiger partial charge >= 0.3 is 0 Å². The topological polar surface area (TPSA) is 75.6 Å². The molecule has 1 unspecified atom stereocenters. The second kappa shape index (κ2) is 6.33. The van der Waals surface area contributed by atoms with Crippen LogP contribution >= 0.6 is 11.6 Å². The van der Waals surface area contributed by atoms with Gasteiger partial charge in [-0.25, -0.2) is 13.1 Å². The molecule has 0 bridgehead atoms. The maximum Gasteiger partial charge on any atom is 0.211 e. The molecule has 1 fully saturated rings. The van der Waals surface area contributed by atoms with Crippen molar-refractivity contribution in [1.82, 2.24) is 4.72 Å². The summed E-state index contributed by atoms with van der Waals surface area (Å²) in [5.74, 6) is 0.195. The van der Waals surface area contributed by atoms with Gasteiger partial charge in [0.05, 0.1) is 11.4 Å². The van der Waals surface area contributed by atoms with Crippen LogP contribution in [0.2, 0.25) is 0 Å². The molecule has 1 saturated heterocycles. The van der Waals surface area contributed by atoms with Crippen molar-refractivity contribution in [1.29, 1.82) is 0 Å². The van der Waals surface area contributed by atoms with Gasteiger partial charge in [-0.05, 0) is 5.92 Å². The fourth-order valence-corrected chi connectivity index (χ4v) is 3.36. The lowest BCUT2D eigenvalue weighted by molar-refractivity contribution is -0.0588. The van der Waals surface area contributed by atoms with E-state index in [9.17, 15) is 13.5 Å². The third kappa shape index (κ3) is 5.52. The van der Waals surface area contributed by atoms with Gasteiger partial charge in [0, 0.05) is 38.5 Å². The number of hydrogen-bond acceptors (Lipinski definition) is 4. The smallest absolute Gasteiger partial charge is 0.211 e. The zero-order valence-electron chi connectivity index (χ0n) is 9.99. The van der Waals surface area contributed by atoms with Crippen LogP contribution in [0.25, 0.3) is 0 Å². The quantitative estimate of drug-likeness (QED) is 0.689. The summed E-state index contributed by atoms with van der Waals surface area (Å²) in [5.41, 5.74) is -0.977. The predicted molar refractivity (Wildman–Crippen MR) is 66.7 cm³/mol. The Balaban J connectivity index is 2.43. The van der Waals surface area contributed by atoms with Crippen LogP contribution in [0.3, 0.4) is 0 Å². The molecule has 0 aromatic heterocycles. The molecule has 7 heteroatoms. The number of halogens is 1. The van der Waals surface area contributed by atoms with E-state index in [1.54, 1.807) is 6.92 Å². The van der Waals surface area contributed by atoms with Gasteiger partial charge in [0.2, 0.25) is 10.0 Å². The number of hydrogen-bond donors (Lipinski definition) is 2. The summed E-state index contributed by atoms with van der Waals surface area (Å²) in [6.45, 7) is 2.76. The molecule has 0 radical (unpaired) electrons. The Kier molecular flexibility index (Phi) is 5.66. The van der Waals surface area contributed by atoms with Crippen LogP contribution in [0.1, 0.15) is 19.8 Å². The van der Waals surface area contributed by atoms with Gasteiger partial charge in [-0.2, -0.15) is 0 Å². The molecule has 1 heterocycles. The molecule has 1 rings (SSSR count). The Hall–Kier alpha value is 0.120. The lowest BCUT2D eigenvalue weighted by Gasteiger charge is -2.32. The minimum absolute atomic E-state index is 0.0108. The van der Waals surface area contributed by atoms with Crippen LogP contribution in [0, 0.1) is 5.92 Å². The van der Waals surface area contributed by atoms with Gasteiger partial charge in [-0.3, -0.25) is 0 Å². The first-order valence-corrected chi connectivity index (χ1v) is 7.89. The Morgan fingerprint density at radius 2 is 2.06 bits per heavy atom. The first-order chi connectivity index (χ1) is 7.87. The van der Waals surface area contributed by atoms with Gasteiger partial charge < -0.3 is 9.84 Å². The summed E-state index contributed by atoms with van der Waals surface area (Å²) in [6, 6.07) is 0. The van der Waals surface area contributed by atoms with Crippen LogP contribution in [-0.2, 0) is 14.8 Å². The summed E-state index contributed by atoms with van der Waals surface area (Å²) in [6.07, 6.45) is 0.918. The molecule has 5 nitrogen and oxygen atoms in total. The number of ether oxygens (including phenoxy) is 1. The normalized spacial score (nSPS) is 22.3.